The van der Waals surface area contributed by atoms with Gasteiger partial charge >= 0.3 is 0 Å². The van der Waals surface area contributed by atoms with Crippen LogP contribution in [0.1, 0.15) is 16.8 Å². The van der Waals surface area contributed by atoms with Crippen molar-refractivity contribution in [1.82, 2.24) is 14.7 Å². The zero-order chi connectivity index (χ0) is 25.3. The van der Waals surface area contributed by atoms with Crippen LogP contribution in [-0.4, -0.2) is 52.7 Å². The Morgan fingerprint density at radius 2 is 1.64 bits per heavy atom. The summed E-state index contributed by atoms with van der Waals surface area (Å²) in [4.78, 5) is 2.12. The highest BCUT2D eigenvalue weighted by Gasteiger charge is 2.23. The number of methoxy groups -OCH3 is 1. The molecule has 0 saturated carbocycles. The van der Waals surface area contributed by atoms with Crippen LogP contribution in [0.5, 0.6) is 11.6 Å². The molecule has 4 aromatic rings. The minimum absolute atomic E-state index is 0.128. The van der Waals surface area contributed by atoms with Gasteiger partial charge in [-0.05, 0) is 43.2 Å². The molecular formula is C29H32FN3O3. The Hall–Kier alpha value is -3.52. The second-order valence-corrected chi connectivity index (χ2v) is 8.72. The van der Waals surface area contributed by atoms with E-state index in [9.17, 15) is 9.50 Å². The first kappa shape index (κ1) is 25.6. The summed E-state index contributed by atoms with van der Waals surface area (Å²) in [6, 6.07) is 25.9. The van der Waals surface area contributed by atoms with Gasteiger partial charge in [-0.2, -0.15) is 5.10 Å². The van der Waals surface area contributed by atoms with Crippen molar-refractivity contribution in [2.75, 3.05) is 26.8 Å². The maximum atomic E-state index is 14.5. The predicted octanol–water partition coefficient (Wildman–Crippen LogP) is 5.16. The zero-order valence-corrected chi connectivity index (χ0v) is 20.7. The summed E-state index contributed by atoms with van der Waals surface area (Å²) in [6.45, 7) is 3.92. The Labute approximate surface area is 211 Å². The Bertz CT molecular complexity index is 1230. The molecule has 36 heavy (non-hydrogen) atoms. The van der Waals surface area contributed by atoms with Gasteiger partial charge in [0.2, 0.25) is 5.88 Å². The van der Waals surface area contributed by atoms with Crippen LogP contribution in [0.4, 0.5) is 4.39 Å². The largest absolute Gasteiger partial charge is 0.435 e. The summed E-state index contributed by atoms with van der Waals surface area (Å²) in [5.41, 5.74) is 3.48. The van der Waals surface area contributed by atoms with E-state index in [-0.39, 0.29) is 5.75 Å². The molecule has 6 nitrogen and oxygen atoms in total. The van der Waals surface area contributed by atoms with Crippen molar-refractivity contribution in [2.24, 2.45) is 0 Å². The van der Waals surface area contributed by atoms with Gasteiger partial charge in [0, 0.05) is 26.7 Å². The average Bonchev–Trinajstić information content (AvgIpc) is 3.19. The quantitative estimate of drug-likeness (QED) is 0.298. The highest BCUT2D eigenvalue weighted by Crippen LogP contribution is 2.32. The van der Waals surface area contributed by atoms with E-state index >= 15 is 0 Å². The second kappa shape index (κ2) is 12.4. The summed E-state index contributed by atoms with van der Waals surface area (Å²) in [7, 11) is 1.66. The van der Waals surface area contributed by atoms with E-state index in [2.05, 4.69) is 4.90 Å². The summed E-state index contributed by atoms with van der Waals surface area (Å²) in [6.07, 6.45) is -0.0183. The van der Waals surface area contributed by atoms with Gasteiger partial charge in [-0.25, -0.2) is 9.07 Å². The van der Waals surface area contributed by atoms with E-state index in [1.165, 1.54) is 6.07 Å². The fraction of sp³-hybridized carbons (Fsp3) is 0.276. The van der Waals surface area contributed by atoms with Gasteiger partial charge in [0.25, 0.3) is 0 Å². The predicted molar refractivity (Wildman–Crippen MR) is 138 cm³/mol. The van der Waals surface area contributed by atoms with Crippen molar-refractivity contribution < 1.29 is 19.0 Å². The lowest BCUT2D eigenvalue weighted by atomic mass is 10.1. The molecule has 0 bridgehead atoms. The number of halogens is 1. The number of rotatable bonds is 12. The van der Waals surface area contributed by atoms with Crippen molar-refractivity contribution in [3.8, 4) is 17.3 Å². The summed E-state index contributed by atoms with van der Waals surface area (Å²) < 4.78 is 27.7. The first-order chi connectivity index (χ1) is 17.5. The van der Waals surface area contributed by atoms with Crippen molar-refractivity contribution in [1.29, 1.82) is 0 Å². The second-order valence-electron chi connectivity index (χ2n) is 8.72. The van der Waals surface area contributed by atoms with Gasteiger partial charge in [0.05, 0.1) is 29.7 Å². The standard InChI is InChI=1S/C29H32FN3O3/c1-22-26(21-32(17-18-35-2)20-25(34)19-23-11-5-3-6-12-23)29(36-28-16-10-9-15-27(28)30)33(31-22)24-13-7-4-8-14-24/h3-16,25,34H,17-21H2,1-2H3/t25-/m0/s1. The van der Waals surface area contributed by atoms with Crippen LogP contribution in [0.3, 0.4) is 0 Å². The molecule has 3 aromatic carbocycles. The molecule has 0 radical (unpaired) electrons. The van der Waals surface area contributed by atoms with E-state index in [1.54, 1.807) is 30.0 Å². The van der Waals surface area contributed by atoms with Gasteiger partial charge in [-0.3, -0.25) is 4.90 Å². The molecule has 0 aliphatic rings. The molecule has 0 aliphatic heterocycles. The Kier molecular flexibility index (Phi) is 8.84. The summed E-state index contributed by atoms with van der Waals surface area (Å²) in [5, 5.41) is 15.6. The molecule has 1 N–H and O–H groups in total. The van der Waals surface area contributed by atoms with Gasteiger partial charge in [-0.1, -0.05) is 60.7 Å². The van der Waals surface area contributed by atoms with E-state index in [1.807, 2.05) is 67.6 Å². The fourth-order valence-corrected chi connectivity index (χ4v) is 4.13. The maximum absolute atomic E-state index is 14.5. The van der Waals surface area contributed by atoms with E-state index in [4.69, 9.17) is 14.6 Å². The molecule has 0 amide bonds. The lowest BCUT2D eigenvalue weighted by Crippen LogP contribution is -2.35. The Balaban J connectivity index is 1.64. The van der Waals surface area contributed by atoms with Crippen LogP contribution >= 0.6 is 0 Å². The Morgan fingerprint density at radius 3 is 2.33 bits per heavy atom. The molecular weight excluding hydrogens is 457 g/mol. The minimum Gasteiger partial charge on any atom is -0.435 e. The van der Waals surface area contributed by atoms with Gasteiger partial charge < -0.3 is 14.6 Å². The molecule has 4 rings (SSSR count). The molecule has 0 fully saturated rings. The van der Waals surface area contributed by atoms with E-state index in [0.29, 0.717) is 38.5 Å². The third-order valence-corrected chi connectivity index (χ3v) is 5.96. The normalized spacial score (nSPS) is 12.1. The summed E-state index contributed by atoms with van der Waals surface area (Å²) >= 11 is 0. The molecule has 1 aromatic heterocycles. The number of benzene rings is 3. The first-order valence-corrected chi connectivity index (χ1v) is 12.0. The van der Waals surface area contributed by atoms with Crippen LogP contribution in [0.25, 0.3) is 5.69 Å². The number of para-hydroxylation sites is 2. The third-order valence-electron chi connectivity index (χ3n) is 5.96. The topological polar surface area (TPSA) is 59.8 Å². The number of ether oxygens (including phenoxy) is 2. The van der Waals surface area contributed by atoms with E-state index in [0.717, 1.165) is 22.5 Å². The molecule has 0 aliphatic carbocycles. The molecule has 0 spiro atoms. The zero-order valence-electron chi connectivity index (χ0n) is 20.7. The molecule has 1 heterocycles. The average molecular weight is 490 g/mol. The highest BCUT2D eigenvalue weighted by molar-refractivity contribution is 5.43. The molecule has 0 saturated heterocycles. The van der Waals surface area contributed by atoms with Crippen molar-refractivity contribution >= 4 is 0 Å². The minimum atomic E-state index is -0.565. The van der Waals surface area contributed by atoms with Crippen LogP contribution in [0, 0.1) is 12.7 Å². The lowest BCUT2D eigenvalue weighted by Gasteiger charge is -2.25. The molecule has 7 heteroatoms. The monoisotopic (exact) mass is 489 g/mol. The number of aromatic nitrogens is 2. The molecule has 0 unspecified atom stereocenters. The number of aryl methyl sites for hydroxylation is 1. The number of aliphatic hydroxyl groups excluding tert-OH is 1. The molecule has 1 atom stereocenters. The SMILES string of the molecule is COCCN(Cc1c(C)nn(-c2ccccc2)c1Oc1ccccc1F)C[C@@H](O)Cc1ccccc1. The maximum Gasteiger partial charge on any atom is 0.227 e. The number of hydrogen-bond acceptors (Lipinski definition) is 5. The van der Waals surface area contributed by atoms with Gasteiger partial charge in [-0.15, -0.1) is 0 Å². The van der Waals surface area contributed by atoms with Crippen LogP contribution in [-0.2, 0) is 17.7 Å². The molecule has 188 valence electrons. The van der Waals surface area contributed by atoms with Crippen LogP contribution in [0.2, 0.25) is 0 Å². The highest BCUT2D eigenvalue weighted by atomic mass is 19.1. The van der Waals surface area contributed by atoms with Crippen LogP contribution < -0.4 is 4.74 Å². The van der Waals surface area contributed by atoms with Gasteiger partial charge in [0.15, 0.2) is 11.6 Å². The number of hydrogen-bond donors (Lipinski definition) is 1. The third kappa shape index (κ3) is 6.57. The summed E-state index contributed by atoms with van der Waals surface area (Å²) in [5.74, 6) is 0.128. The lowest BCUT2D eigenvalue weighted by molar-refractivity contribution is 0.0846. The van der Waals surface area contributed by atoms with Gasteiger partial charge in [0.1, 0.15) is 0 Å². The first-order valence-electron chi connectivity index (χ1n) is 12.0. The fourth-order valence-electron chi connectivity index (χ4n) is 4.13. The van der Waals surface area contributed by atoms with Crippen molar-refractivity contribution in [2.45, 2.75) is 26.0 Å². The number of nitrogens with zero attached hydrogens (tertiary/aromatic N) is 3. The van der Waals surface area contributed by atoms with E-state index < -0.39 is 11.9 Å². The smallest absolute Gasteiger partial charge is 0.227 e. The Morgan fingerprint density at radius 1 is 0.972 bits per heavy atom. The number of aliphatic hydroxyl groups is 1. The van der Waals surface area contributed by atoms with Crippen LogP contribution in [0.15, 0.2) is 84.9 Å². The van der Waals surface area contributed by atoms with Crippen molar-refractivity contribution in [3.05, 3.63) is 108 Å². The van der Waals surface area contributed by atoms with Crippen molar-refractivity contribution in [3.63, 3.8) is 0 Å².